The van der Waals surface area contributed by atoms with Crippen LogP contribution in [0.5, 0.6) is 5.75 Å². The number of hydrogen-bond acceptors (Lipinski definition) is 3. The van der Waals surface area contributed by atoms with E-state index in [1.54, 1.807) is 0 Å². The fraction of sp³-hybridized carbons (Fsp3) is 0.600. The molecular formula is C15H21NO2. The summed E-state index contributed by atoms with van der Waals surface area (Å²) in [6, 6.07) is 8.95. The second kappa shape index (κ2) is 5.29. The van der Waals surface area contributed by atoms with Crippen molar-refractivity contribution in [2.24, 2.45) is 5.92 Å². The number of ether oxygens (including phenoxy) is 2. The van der Waals surface area contributed by atoms with Gasteiger partial charge in [0.1, 0.15) is 11.9 Å². The highest BCUT2D eigenvalue weighted by Crippen LogP contribution is 2.32. The van der Waals surface area contributed by atoms with Gasteiger partial charge in [-0.25, -0.2) is 0 Å². The highest BCUT2D eigenvalue weighted by atomic mass is 16.5. The zero-order valence-corrected chi connectivity index (χ0v) is 10.9. The summed E-state index contributed by atoms with van der Waals surface area (Å²) >= 11 is 0. The van der Waals surface area contributed by atoms with Gasteiger partial charge in [-0.15, -0.1) is 0 Å². The third kappa shape index (κ3) is 2.38. The number of rotatable bonds is 3. The minimum Gasteiger partial charge on any atom is -0.490 e. The molecule has 0 amide bonds. The second-order valence-electron chi connectivity index (χ2n) is 5.31. The van der Waals surface area contributed by atoms with Crippen molar-refractivity contribution in [2.75, 3.05) is 20.3 Å². The average Bonchev–Trinajstić information content (AvgIpc) is 2.81. The highest BCUT2D eigenvalue weighted by molar-refractivity contribution is 5.37. The summed E-state index contributed by atoms with van der Waals surface area (Å²) in [5, 5.41) is 3.41. The summed E-state index contributed by atoms with van der Waals surface area (Å²) in [5.74, 6) is 1.64. The number of benzene rings is 1. The summed E-state index contributed by atoms with van der Waals surface area (Å²) in [5.41, 5.74) is 1.35. The van der Waals surface area contributed by atoms with Crippen LogP contribution in [-0.2, 0) is 11.2 Å². The van der Waals surface area contributed by atoms with E-state index in [-0.39, 0.29) is 0 Å². The number of para-hydroxylation sites is 1. The van der Waals surface area contributed by atoms with Crippen LogP contribution in [0.25, 0.3) is 0 Å². The van der Waals surface area contributed by atoms with E-state index in [1.807, 2.05) is 13.1 Å². The van der Waals surface area contributed by atoms with Crippen molar-refractivity contribution in [3.8, 4) is 5.75 Å². The van der Waals surface area contributed by atoms with Crippen LogP contribution in [-0.4, -0.2) is 32.4 Å². The predicted molar refractivity (Wildman–Crippen MR) is 71.0 cm³/mol. The van der Waals surface area contributed by atoms with Gasteiger partial charge in [-0.1, -0.05) is 18.2 Å². The molecule has 2 aliphatic heterocycles. The first-order valence-electron chi connectivity index (χ1n) is 6.86. The molecule has 98 valence electrons. The lowest BCUT2D eigenvalue weighted by molar-refractivity contribution is 0.0170. The topological polar surface area (TPSA) is 30.5 Å². The fourth-order valence-electron chi connectivity index (χ4n) is 3.13. The first-order chi connectivity index (χ1) is 8.86. The Kier molecular flexibility index (Phi) is 3.52. The molecule has 2 aliphatic rings. The van der Waals surface area contributed by atoms with Crippen molar-refractivity contribution < 1.29 is 9.47 Å². The SMILES string of the molecule is CNC1CCOCC1CC1Cc2ccccc2O1. The van der Waals surface area contributed by atoms with Crippen LogP contribution >= 0.6 is 0 Å². The molecule has 1 N–H and O–H groups in total. The normalized spacial score (nSPS) is 30.8. The van der Waals surface area contributed by atoms with E-state index in [9.17, 15) is 0 Å². The maximum Gasteiger partial charge on any atom is 0.123 e. The summed E-state index contributed by atoms with van der Waals surface area (Å²) < 4.78 is 11.6. The van der Waals surface area contributed by atoms with E-state index >= 15 is 0 Å². The first kappa shape index (κ1) is 12.0. The Morgan fingerprint density at radius 1 is 1.33 bits per heavy atom. The molecule has 1 saturated heterocycles. The molecule has 0 saturated carbocycles. The van der Waals surface area contributed by atoms with E-state index in [4.69, 9.17) is 9.47 Å². The summed E-state index contributed by atoms with van der Waals surface area (Å²) in [6.07, 6.45) is 3.56. The monoisotopic (exact) mass is 247 g/mol. The van der Waals surface area contributed by atoms with Gasteiger partial charge in [-0.2, -0.15) is 0 Å². The third-order valence-corrected chi connectivity index (χ3v) is 4.12. The number of fused-ring (bicyclic) bond motifs is 1. The van der Waals surface area contributed by atoms with Crippen molar-refractivity contribution in [3.63, 3.8) is 0 Å². The largest absolute Gasteiger partial charge is 0.490 e. The Morgan fingerprint density at radius 3 is 3.06 bits per heavy atom. The Morgan fingerprint density at radius 2 is 2.22 bits per heavy atom. The number of hydrogen-bond donors (Lipinski definition) is 1. The molecule has 0 aliphatic carbocycles. The quantitative estimate of drug-likeness (QED) is 0.886. The third-order valence-electron chi connectivity index (χ3n) is 4.12. The zero-order valence-electron chi connectivity index (χ0n) is 10.9. The smallest absolute Gasteiger partial charge is 0.123 e. The maximum atomic E-state index is 6.02. The lowest BCUT2D eigenvalue weighted by atomic mass is 9.89. The Bertz CT molecular complexity index is 382. The molecule has 18 heavy (non-hydrogen) atoms. The second-order valence-corrected chi connectivity index (χ2v) is 5.31. The van der Waals surface area contributed by atoms with Gasteiger partial charge in [0.15, 0.2) is 0 Å². The van der Waals surface area contributed by atoms with Crippen molar-refractivity contribution in [3.05, 3.63) is 29.8 Å². The van der Waals surface area contributed by atoms with Crippen LogP contribution < -0.4 is 10.1 Å². The molecule has 1 fully saturated rings. The van der Waals surface area contributed by atoms with Crippen molar-refractivity contribution in [1.29, 1.82) is 0 Å². The van der Waals surface area contributed by atoms with Crippen LogP contribution in [0.1, 0.15) is 18.4 Å². The molecule has 1 aromatic carbocycles. The highest BCUT2D eigenvalue weighted by Gasteiger charge is 2.31. The van der Waals surface area contributed by atoms with Crippen LogP contribution in [0.4, 0.5) is 0 Å². The Hall–Kier alpha value is -1.06. The van der Waals surface area contributed by atoms with Gasteiger partial charge >= 0.3 is 0 Å². The van der Waals surface area contributed by atoms with Gasteiger partial charge in [-0.3, -0.25) is 0 Å². The minimum atomic E-state index is 0.324. The van der Waals surface area contributed by atoms with Gasteiger partial charge < -0.3 is 14.8 Å². The molecule has 0 spiro atoms. The van der Waals surface area contributed by atoms with Crippen LogP contribution in [0, 0.1) is 5.92 Å². The lowest BCUT2D eigenvalue weighted by Crippen LogP contribution is -2.42. The zero-order chi connectivity index (χ0) is 12.4. The standard InChI is InChI=1S/C15H21NO2/c1-16-14-6-7-17-10-12(14)9-13-8-11-4-2-3-5-15(11)18-13/h2-5,12-14,16H,6-10H2,1H3. The van der Waals surface area contributed by atoms with E-state index < -0.39 is 0 Å². The predicted octanol–water partition coefficient (Wildman–Crippen LogP) is 2.00. The molecule has 3 heteroatoms. The van der Waals surface area contributed by atoms with E-state index in [0.717, 1.165) is 38.2 Å². The molecule has 0 aromatic heterocycles. The first-order valence-corrected chi connectivity index (χ1v) is 6.86. The molecule has 3 atom stereocenters. The molecule has 3 unspecified atom stereocenters. The Labute approximate surface area is 108 Å². The minimum absolute atomic E-state index is 0.324. The Balaban J connectivity index is 1.61. The molecule has 1 aromatic rings. The van der Waals surface area contributed by atoms with E-state index in [0.29, 0.717) is 18.1 Å². The molecule has 0 radical (unpaired) electrons. The summed E-state index contributed by atoms with van der Waals surface area (Å²) in [4.78, 5) is 0. The summed E-state index contributed by atoms with van der Waals surface area (Å²) in [6.45, 7) is 1.75. The number of nitrogens with one attached hydrogen (secondary N) is 1. The fourth-order valence-corrected chi connectivity index (χ4v) is 3.13. The summed E-state index contributed by atoms with van der Waals surface area (Å²) in [7, 11) is 2.05. The van der Waals surface area contributed by atoms with Gasteiger partial charge in [0, 0.05) is 25.0 Å². The molecular weight excluding hydrogens is 226 g/mol. The van der Waals surface area contributed by atoms with Crippen molar-refractivity contribution in [2.45, 2.75) is 31.4 Å². The van der Waals surface area contributed by atoms with Crippen LogP contribution in [0.3, 0.4) is 0 Å². The van der Waals surface area contributed by atoms with Gasteiger partial charge in [0.05, 0.1) is 6.61 Å². The van der Waals surface area contributed by atoms with E-state index in [2.05, 4.69) is 23.5 Å². The average molecular weight is 247 g/mol. The maximum absolute atomic E-state index is 6.02. The van der Waals surface area contributed by atoms with Crippen LogP contribution in [0.2, 0.25) is 0 Å². The van der Waals surface area contributed by atoms with Gasteiger partial charge in [0.25, 0.3) is 0 Å². The molecule has 2 heterocycles. The van der Waals surface area contributed by atoms with Crippen molar-refractivity contribution in [1.82, 2.24) is 5.32 Å². The van der Waals surface area contributed by atoms with Crippen molar-refractivity contribution >= 4 is 0 Å². The van der Waals surface area contributed by atoms with Crippen LogP contribution in [0.15, 0.2) is 24.3 Å². The molecule has 3 rings (SSSR count). The molecule has 3 nitrogen and oxygen atoms in total. The van der Waals surface area contributed by atoms with E-state index in [1.165, 1.54) is 5.56 Å². The lowest BCUT2D eigenvalue weighted by Gasteiger charge is -2.32. The van der Waals surface area contributed by atoms with Gasteiger partial charge in [0.2, 0.25) is 0 Å². The molecule has 0 bridgehead atoms. The van der Waals surface area contributed by atoms with Gasteiger partial charge in [-0.05, 0) is 31.5 Å².